The molecule has 0 fully saturated rings. The van der Waals surface area contributed by atoms with E-state index in [1.54, 1.807) is 0 Å². The quantitative estimate of drug-likeness (QED) is 0.169. The Morgan fingerprint density at radius 1 is 0.474 bits per heavy atom. The van der Waals surface area contributed by atoms with Crippen molar-refractivity contribution in [3.05, 3.63) is 176 Å². The molecule has 8 aromatic carbocycles. The van der Waals surface area contributed by atoms with E-state index in [2.05, 4.69) is 181 Å². The molecule has 3 aromatic heterocycles. The third kappa shape index (κ3) is 4.73. The highest BCUT2D eigenvalue weighted by atomic mass is 28.3. The molecule has 0 spiro atoms. The van der Waals surface area contributed by atoms with Crippen LogP contribution in [0, 0.1) is 0 Å². The summed E-state index contributed by atoms with van der Waals surface area (Å²) < 4.78 is 8.59. The second-order valence-electron chi connectivity index (χ2n) is 15.8. The van der Waals surface area contributed by atoms with Gasteiger partial charge in [-0.1, -0.05) is 140 Å². The Labute approximate surface area is 330 Å². The van der Waals surface area contributed by atoms with E-state index in [0.29, 0.717) is 0 Å². The summed E-state index contributed by atoms with van der Waals surface area (Å²) in [4.78, 5) is 10.9. The first-order valence-electron chi connectivity index (χ1n) is 19.6. The topological polar surface area (TPSA) is 43.9 Å². The maximum absolute atomic E-state index is 6.18. The number of fused-ring (bicyclic) bond motifs is 11. The summed E-state index contributed by atoms with van der Waals surface area (Å²) in [7, 11) is -2.06. The molecule has 0 saturated carbocycles. The number of furan rings is 1. The van der Waals surface area contributed by atoms with Crippen molar-refractivity contribution in [3.8, 4) is 50.7 Å². The Kier molecular flexibility index (Phi) is 6.75. The van der Waals surface area contributed by atoms with Crippen LogP contribution in [0.5, 0.6) is 0 Å². The largest absolute Gasteiger partial charge is 0.456 e. The van der Waals surface area contributed by atoms with Crippen LogP contribution >= 0.6 is 0 Å². The number of para-hydroxylation sites is 1. The summed E-state index contributed by atoms with van der Waals surface area (Å²) in [5.74, 6) is 0.742. The molecule has 4 nitrogen and oxygen atoms in total. The molecule has 0 amide bonds. The van der Waals surface area contributed by atoms with Gasteiger partial charge in [-0.05, 0) is 86.4 Å². The summed E-state index contributed by atoms with van der Waals surface area (Å²) in [5.41, 5.74) is 13.0. The summed E-state index contributed by atoms with van der Waals surface area (Å²) in [6.45, 7) is 4.87. The Balaban J connectivity index is 1.07. The number of benzene rings is 8. The van der Waals surface area contributed by atoms with Gasteiger partial charge in [0, 0.05) is 38.4 Å². The van der Waals surface area contributed by atoms with E-state index < -0.39 is 8.07 Å². The molecule has 12 rings (SSSR count). The molecule has 0 atom stereocenters. The smallest absolute Gasteiger partial charge is 0.160 e. The molecule has 0 aliphatic carbocycles. The Bertz CT molecular complexity index is 3450. The van der Waals surface area contributed by atoms with Gasteiger partial charge < -0.3 is 8.98 Å². The van der Waals surface area contributed by atoms with Crippen molar-refractivity contribution < 1.29 is 4.42 Å². The summed E-state index contributed by atoms with van der Waals surface area (Å²) in [5, 5.41) is 9.93. The van der Waals surface area contributed by atoms with Crippen LogP contribution in [-0.4, -0.2) is 22.6 Å². The standard InChI is InChI=1S/C52H35N3OSi/c1-57(2)47-22-11-9-20-40(47)50-51(57)49(33-14-4-3-5-15-33)53-52(54-50)36-16-12-17-37(29-36)55-43-26-24-34(31-42(43)48-38-18-7-6-13-32(38)23-27-44(48)55)35-25-28-46-41(30-35)39-19-8-10-21-45(39)56-46/h3-31H,1-2H3. The van der Waals surface area contributed by atoms with E-state index in [1.807, 2.05) is 12.1 Å². The van der Waals surface area contributed by atoms with Crippen LogP contribution in [-0.2, 0) is 0 Å². The second kappa shape index (κ2) is 12.0. The Morgan fingerprint density at radius 3 is 2.05 bits per heavy atom. The van der Waals surface area contributed by atoms with Crippen molar-refractivity contribution in [1.29, 1.82) is 0 Å². The maximum atomic E-state index is 6.18. The predicted molar refractivity (Wildman–Crippen MR) is 240 cm³/mol. The summed E-state index contributed by atoms with van der Waals surface area (Å²) in [6, 6.07) is 63.2. The minimum Gasteiger partial charge on any atom is -0.456 e. The van der Waals surface area contributed by atoms with E-state index in [1.165, 1.54) is 43.0 Å². The van der Waals surface area contributed by atoms with Gasteiger partial charge >= 0.3 is 0 Å². The lowest BCUT2D eigenvalue weighted by Gasteiger charge is -2.21. The zero-order chi connectivity index (χ0) is 37.8. The van der Waals surface area contributed by atoms with Crippen LogP contribution in [0.25, 0.3) is 105 Å². The average Bonchev–Trinajstić information content (AvgIpc) is 3.89. The number of rotatable bonds is 4. The first-order chi connectivity index (χ1) is 28.0. The van der Waals surface area contributed by atoms with E-state index in [9.17, 15) is 0 Å². The van der Waals surface area contributed by atoms with Gasteiger partial charge in [0.1, 0.15) is 19.2 Å². The molecule has 4 heterocycles. The molecular formula is C52H35N3OSi. The Morgan fingerprint density at radius 2 is 1.16 bits per heavy atom. The normalized spacial score (nSPS) is 13.2. The fourth-order valence-corrected chi connectivity index (χ4v) is 12.7. The monoisotopic (exact) mass is 745 g/mol. The van der Waals surface area contributed by atoms with Gasteiger partial charge in [0.05, 0.1) is 22.4 Å². The fourth-order valence-electron chi connectivity index (χ4n) is 9.49. The first kappa shape index (κ1) is 32.2. The zero-order valence-corrected chi connectivity index (χ0v) is 32.5. The minimum absolute atomic E-state index is 0.742. The zero-order valence-electron chi connectivity index (χ0n) is 31.5. The van der Waals surface area contributed by atoms with Gasteiger partial charge in [-0.15, -0.1) is 0 Å². The highest BCUT2D eigenvalue weighted by Crippen LogP contribution is 2.41. The third-order valence-corrected chi connectivity index (χ3v) is 15.7. The molecular weight excluding hydrogens is 711 g/mol. The highest BCUT2D eigenvalue weighted by Gasteiger charge is 2.41. The molecule has 0 saturated heterocycles. The first-order valence-corrected chi connectivity index (χ1v) is 22.6. The highest BCUT2D eigenvalue weighted by molar-refractivity contribution is 7.04. The SMILES string of the molecule is C[Si]1(C)c2ccccc2-c2nc(-c3cccc(-n4c5ccc(-c6ccc7oc8ccccc8c7c6)cc5c5c6ccccc6ccc54)c3)nc(-c3ccccc3)c21. The molecule has 5 heteroatoms. The van der Waals surface area contributed by atoms with Gasteiger partial charge in [-0.2, -0.15) is 0 Å². The molecule has 0 N–H and O–H groups in total. The Hall–Kier alpha value is -7.08. The van der Waals surface area contributed by atoms with E-state index in [0.717, 1.165) is 72.6 Å². The molecule has 0 radical (unpaired) electrons. The lowest BCUT2D eigenvalue weighted by atomic mass is 9.99. The van der Waals surface area contributed by atoms with Crippen molar-refractivity contribution in [2.24, 2.45) is 0 Å². The lowest BCUT2D eigenvalue weighted by molar-refractivity contribution is 0.669. The van der Waals surface area contributed by atoms with Crippen LogP contribution in [0.1, 0.15) is 0 Å². The van der Waals surface area contributed by atoms with E-state index >= 15 is 0 Å². The lowest BCUT2D eigenvalue weighted by Crippen LogP contribution is -2.50. The van der Waals surface area contributed by atoms with Gasteiger partial charge in [-0.3, -0.25) is 0 Å². The van der Waals surface area contributed by atoms with Crippen LogP contribution in [0.2, 0.25) is 13.1 Å². The molecule has 1 aliphatic rings. The van der Waals surface area contributed by atoms with Crippen molar-refractivity contribution in [2.75, 3.05) is 0 Å². The van der Waals surface area contributed by atoms with Crippen molar-refractivity contribution in [3.63, 3.8) is 0 Å². The van der Waals surface area contributed by atoms with Crippen LogP contribution < -0.4 is 10.4 Å². The van der Waals surface area contributed by atoms with E-state index in [-0.39, 0.29) is 0 Å². The van der Waals surface area contributed by atoms with Crippen molar-refractivity contribution in [1.82, 2.24) is 14.5 Å². The molecule has 1 aliphatic heterocycles. The molecule has 57 heavy (non-hydrogen) atoms. The van der Waals surface area contributed by atoms with E-state index in [4.69, 9.17) is 14.4 Å². The van der Waals surface area contributed by atoms with Crippen molar-refractivity contribution >= 4 is 73.0 Å². The molecule has 11 aromatic rings. The molecule has 0 unspecified atom stereocenters. The summed E-state index contributed by atoms with van der Waals surface area (Å²) in [6.07, 6.45) is 0. The number of hydrogen-bond acceptors (Lipinski definition) is 3. The average molecular weight is 746 g/mol. The van der Waals surface area contributed by atoms with Crippen molar-refractivity contribution in [2.45, 2.75) is 13.1 Å². The minimum atomic E-state index is -2.06. The van der Waals surface area contributed by atoms with Crippen LogP contribution in [0.4, 0.5) is 0 Å². The van der Waals surface area contributed by atoms with Gasteiger partial charge in [-0.25, -0.2) is 9.97 Å². The summed E-state index contributed by atoms with van der Waals surface area (Å²) >= 11 is 0. The predicted octanol–water partition coefficient (Wildman–Crippen LogP) is 12.4. The van der Waals surface area contributed by atoms with Gasteiger partial charge in [0.15, 0.2) is 5.82 Å². The number of hydrogen-bond donors (Lipinski definition) is 0. The fraction of sp³-hybridized carbons (Fsp3) is 0.0385. The van der Waals surface area contributed by atoms with Gasteiger partial charge in [0.2, 0.25) is 0 Å². The van der Waals surface area contributed by atoms with Crippen LogP contribution in [0.3, 0.4) is 0 Å². The number of aromatic nitrogens is 3. The molecule has 0 bridgehead atoms. The second-order valence-corrected chi connectivity index (χ2v) is 20.1. The van der Waals surface area contributed by atoms with Gasteiger partial charge in [0.25, 0.3) is 0 Å². The van der Waals surface area contributed by atoms with Crippen LogP contribution in [0.15, 0.2) is 180 Å². The maximum Gasteiger partial charge on any atom is 0.160 e. The number of nitrogens with zero attached hydrogens (tertiary/aromatic N) is 3. The third-order valence-electron chi connectivity index (χ3n) is 12.2. The molecule has 268 valence electrons.